The first kappa shape index (κ1) is 22.7. The maximum Gasteiger partial charge on any atom is 0.255 e. The van der Waals surface area contributed by atoms with Gasteiger partial charge in [0.25, 0.3) is 5.91 Å². The minimum Gasteiger partial charge on any atom is -0.497 e. The Hall–Kier alpha value is -3.09. The zero-order chi connectivity index (χ0) is 24.2. The molecule has 1 atom stereocenters. The maximum atomic E-state index is 14.2. The van der Waals surface area contributed by atoms with Crippen molar-refractivity contribution in [3.63, 3.8) is 0 Å². The van der Waals surface area contributed by atoms with Gasteiger partial charge in [-0.2, -0.15) is 5.10 Å². The maximum absolute atomic E-state index is 14.2. The summed E-state index contributed by atoms with van der Waals surface area (Å²) in [6.45, 7) is 9.05. The van der Waals surface area contributed by atoms with Gasteiger partial charge in [-0.05, 0) is 77.6 Å². The van der Waals surface area contributed by atoms with Gasteiger partial charge in [-0.15, -0.1) is 0 Å². The average Bonchev–Trinajstić information content (AvgIpc) is 3.45. The van der Waals surface area contributed by atoms with E-state index in [1.807, 2.05) is 40.8 Å². The van der Waals surface area contributed by atoms with E-state index in [9.17, 15) is 4.79 Å². The molecule has 34 heavy (non-hydrogen) atoms. The Kier molecular flexibility index (Phi) is 5.53. The summed E-state index contributed by atoms with van der Waals surface area (Å²) in [5, 5.41) is 5.69. The van der Waals surface area contributed by atoms with Gasteiger partial charge in [0.05, 0.1) is 42.4 Å². The van der Waals surface area contributed by atoms with Crippen LogP contribution in [0.3, 0.4) is 0 Å². The Labute approximate surface area is 201 Å². The van der Waals surface area contributed by atoms with Crippen LogP contribution in [0.25, 0.3) is 11.0 Å². The molecule has 180 valence electrons. The first-order valence-electron chi connectivity index (χ1n) is 12.2. The van der Waals surface area contributed by atoms with E-state index in [-0.39, 0.29) is 17.5 Å². The van der Waals surface area contributed by atoms with Crippen molar-refractivity contribution in [2.75, 3.05) is 20.8 Å². The zero-order valence-corrected chi connectivity index (χ0v) is 21.0. The number of fused-ring (bicyclic) bond motifs is 1. The molecule has 0 bridgehead atoms. The summed E-state index contributed by atoms with van der Waals surface area (Å²) in [6.07, 6.45) is 4.09. The van der Waals surface area contributed by atoms with Crippen molar-refractivity contribution >= 4 is 16.9 Å². The fourth-order valence-corrected chi connectivity index (χ4v) is 5.12. The monoisotopic (exact) mass is 462 g/mol. The zero-order valence-electron chi connectivity index (χ0n) is 21.0. The number of pyridine rings is 1. The molecule has 2 aliphatic rings. The van der Waals surface area contributed by atoms with Crippen molar-refractivity contribution in [3.05, 3.63) is 46.8 Å². The number of benzene rings is 1. The van der Waals surface area contributed by atoms with Crippen molar-refractivity contribution in [2.24, 2.45) is 0 Å². The quantitative estimate of drug-likeness (QED) is 0.510. The van der Waals surface area contributed by atoms with Crippen molar-refractivity contribution in [1.82, 2.24) is 19.7 Å². The lowest BCUT2D eigenvalue weighted by atomic mass is 10.0. The Morgan fingerprint density at radius 3 is 2.50 bits per heavy atom. The first-order chi connectivity index (χ1) is 16.2. The van der Waals surface area contributed by atoms with Crippen molar-refractivity contribution in [3.8, 4) is 11.5 Å². The van der Waals surface area contributed by atoms with Gasteiger partial charge in [0.2, 0.25) is 0 Å². The average molecular weight is 463 g/mol. The van der Waals surface area contributed by atoms with Crippen LogP contribution in [0.15, 0.2) is 24.3 Å². The molecule has 1 saturated heterocycles. The molecular weight excluding hydrogens is 428 g/mol. The molecule has 3 heterocycles. The molecule has 1 aromatic carbocycles. The summed E-state index contributed by atoms with van der Waals surface area (Å²) < 4.78 is 13.1. The molecule has 0 N–H and O–H groups in total. The van der Waals surface area contributed by atoms with Gasteiger partial charge in [-0.3, -0.25) is 4.79 Å². The molecule has 7 nitrogen and oxygen atoms in total. The lowest BCUT2D eigenvalue weighted by Gasteiger charge is -2.27. The molecule has 3 aromatic rings. The van der Waals surface area contributed by atoms with E-state index < -0.39 is 0 Å². The van der Waals surface area contributed by atoms with E-state index in [1.54, 1.807) is 14.2 Å². The molecule has 1 amide bonds. The summed E-state index contributed by atoms with van der Waals surface area (Å²) >= 11 is 0. The van der Waals surface area contributed by atoms with E-state index in [4.69, 9.17) is 19.6 Å². The van der Waals surface area contributed by atoms with Crippen LogP contribution >= 0.6 is 0 Å². The number of amides is 1. The Morgan fingerprint density at radius 2 is 1.85 bits per heavy atom. The van der Waals surface area contributed by atoms with E-state index >= 15 is 0 Å². The van der Waals surface area contributed by atoms with Crippen molar-refractivity contribution in [1.29, 1.82) is 0 Å². The minimum absolute atomic E-state index is 0.0400. The molecule has 0 spiro atoms. The number of carbonyl (C=O) groups excluding carboxylic acids is 1. The third kappa shape index (κ3) is 3.81. The van der Waals surface area contributed by atoms with Crippen LogP contribution in [-0.4, -0.2) is 46.3 Å². The number of hydrogen-bond acceptors (Lipinski definition) is 5. The number of ether oxygens (including phenoxy) is 2. The highest BCUT2D eigenvalue weighted by Gasteiger charge is 2.36. The molecule has 1 saturated carbocycles. The second kappa shape index (κ2) is 8.29. The van der Waals surface area contributed by atoms with Gasteiger partial charge in [-0.25, -0.2) is 9.67 Å². The highest BCUT2D eigenvalue weighted by Crippen LogP contribution is 2.43. The topological polar surface area (TPSA) is 69.5 Å². The van der Waals surface area contributed by atoms with E-state index in [2.05, 4.69) is 20.8 Å². The molecule has 1 aliphatic carbocycles. The number of likely N-dealkylation sites (tertiary alicyclic amines) is 1. The van der Waals surface area contributed by atoms with Gasteiger partial charge < -0.3 is 14.4 Å². The third-order valence-corrected chi connectivity index (χ3v) is 7.00. The predicted octanol–water partition coefficient (Wildman–Crippen LogP) is 5.37. The summed E-state index contributed by atoms with van der Waals surface area (Å²) in [6, 6.07) is 7.77. The number of carbonyl (C=O) groups is 1. The molecule has 5 rings (SSSR count). The first-order valence-corrected chi connectivity index (χ1v) is 12.2. The lowest BCUT2D eigenvalue weighted by Crippen LogP contribution is -2.31. The second-order valence-corrected chi connectivity index (χ2v) is 10.5. The Bertz CT molecular complexity index is 1250. The van der Waals surface area contributed by atoms with Crippen LogP contribution in [0.2, 0.25) is 0 Å². The molecule has 1 aliphatic heterocycles. The second-order valence-electron chi connectivity index (χ2n) is 10.5. The third-order valence-electron chi connectivity index (χ3n) is 7.00. The highest BCUT2D eigenvalue weighted by molar-refractivity contribution is 6.07. The molecule has 2 aromatic heterocycles. The number of nitrogens with zero attached hydrogens (tertiary/aromatic N) is 4. The van der Waals surface area contributed by atoms with Crippen molar-refractivity contribution < 1.29 is 14.3 Å². The van der Waals surface area contributed by atoms with E-state index in [0.29, 0.717) is 18.0 Å². The number of aryl methyl sites for hydroxylation is 1. The molecule has 2 fully saturated rings. The summed E-state index contributed by atoms with van der Waals surface area (Å²) in [5.74, 6) is 2.02. The Balaban J connectivity index is 1.63. The van der Waals surface area contributed by atoms with Crippen LogP contribution in [0.1, 0.15) is 85.7 Å². The van der Waals surface area contributed by atoms with Crippen LogP contribution in [0.5, 0.6) is 11.5 Å². The molecule has 0 radical (unpaired) electrons. The number of aromatic nitrogens is 3. The highest BCUT2D eigenvalue weighted by atomic mass is 16.5. The van der Waals surface area contributed by atoms with Crippen LogP contribution in [0.4, 0.5) is 0 Å². The SMILES string of the molecule is COc1ccc(OC)c(C2CCCN2C(=O)c2cc(C3CC3)nc3c2c(C)nn3C(C)(C)C)c1. The number of methoxy groups -OCH3 is 2. The molecule has 7 heteroatoms. The normalized spacial score (nSPS) is 18.5. The van der Waals surface area contributed by atoms with Gasteiger partial charge >= 0.3 is 0 Å². The fourth-order valence-electron chi connectivity index (χ4n) is 5.12. The van der Waals surface area contributed by atoms with E-state index in [1.165, 1.54) is 0 Å². The smallest absolute Gasteiger partial charge is 0.255 e. The molecule has 1 unspecified atom stereocenters. The standard InChI is InChI=1S/C27H34N4O3/c1-16-24-20(15-21(17-9-10-17)28-25(24)31(29-16)27(2,3)4)26(32)30-13-7-8-22(30)19-14-18(33-5)11-12-23(19)34-6/h11-12,14-15,17,22H,7-10,13H2,1-6H3. The van der Waals surface area contributed by atoms with Gasteiger partial charge in [0, 0.05) is 23.7 Å². The Morgan fingerprint density at radius 1 is 1.09 bits per heavy atom. The lowest BCUT2D eigenvalue weighted by molar-refractivity contribution is 0.0735. The van der Waals surface area contributed by atoms with E-state index in [0.717, 1.165) is 65.2 Å². The van der Waals surface area contributed by atoms with Crippen molar-refractivity contribution in [2.45, 2.75) is 70.9 Å². The summed E-state index contributed by atoms with van der Waals surface area (Å²) in [4.78, 5) is 21.2. The van der Waals surface area contributed by atoms with Crippen LogP contribution in [-0.2, 0) is 5.54 Å². The van der Waals surface area contributed by atoms with Crippen LogP contribution in [0, 0.1) is 6.92 Å². The van der Waals surface area contributed by atoms with Crippen LogP contribution < -0.4 is 9.47 Å². The largest absolute Gasteiger partial charge is 0.497 e. The van der Waals surface area contributed by atoms with Gasteiger partial charge in [0.1, 0.15) is 11.5 Å². The number of hydrogen-bond donors (Lipinski definition) is 0. The minimum atomic E-state index is -0.230. The fraction of sp³-hybridized carbons (Fsp3) is 0.519. The summed E-state index contributed by atoms with van der Waals surface area (Å²) in [7, 11) is 3.33. The van der Waals surface area contributed by atoms with Gasteiger partial charge in [0.15, 0.2) is 5.65 Å². The summed E-state index contributed by atoms with van der Waals surface area (Å²) in [5.41, 5.74) is 4.14. The molecular formula is C27H34N4O3. The predicted molar refractivity (Wildman–Crippen MR) is 132 cm³/mol. The van der Waals surface area contributed by atoms with Gasteiger partial charge in [-0.1, -0.05) is 0 Å². The number of rotatable bonds is 5.